The summed E-state index contributed by atoms with van der Waals surface area (Å²) >= 11 is 3.40. The minimum Gasteiger partial charge on any atom is -0.439 e. The Morgan fingerprint density at radius 3 is 2.72 bits per heavy atom. The number of nitrogens with zero attached hydrogens (tertiary/aromatic N) is 1. The molecule has 0 fully saturated rings. The third-order valence-electron chi connectivity index (χ3n) is 2.56. The van der Waals surface area contributed by atoms with Crippen molar-refractivity contribution in [3.05, 3.63) is 52.1 Å². The number of halogens is 1. The molecule has 0 unspecified atom stereocenters. The van der Waals surface area contributed by atoms with Gasteiger partial charge in [0.1, 0.15) is 5.75 Å². The summed E-state index contributed by atoms with van der Waals surface area (Å²) in [7, 11) is 0. The molecule has 0 aliphatic heterocycles. The molecular weight excluding hydrogens is 294 g/mol. The Labute approximate surface area is 115 Å². The molecular formula is C14H14BrNO2. The topological polar surface area (TPSA) is 42.4 Å². The fourth-order valence-corrected chi connectivity index (χ4v) is 1.84. The second kappa shape index (κ2) is 5.98. The van der Waals surface area contributed by atoms with Gasteiger partial charge in [0.2, 0.25) is 5.88 Å². The lowest BCUT2D eigenvalue weighted by Gasteiger charge is -2.10. The molecule has 94 valence electrons. The molecule has 0 spiro atoms. The molecule has 4 heteroatoms. The molecule has 2 aromatic rings. The van der Waals surface area contributed by atoms with Crippen molar-refractivity contribution in [3.63, 3.8) is 0 Å². The van der Waals surface area contributed by atoms with E-state index in [4.69, 9.17) is 9.84 Å². The van der Waals surface area contributed by atoms with E-state index in [0.717, 1.165) is 21.5 Å². The van der Waals surface area contributed by atoms with Gasteiger partial charge in [-0.1, -0.05) is 18.2 Å². The maximum atomic E-state index is 9.01. The molecule has 0 aliphatic rings. The Bertz CT molecular complexity index is 543. The average molecular weight is 308 g/mol. The van der Waals surface area contributed by atoms with Crippen LogP contribution in [0.2, 0.25) is 0 Å². The van der Waals surface area contributed by atoms with E-state index in [-0.39, 0.29) is 6.61 Å². The van der Waals surface area contributed by atoms with E-state index in [1.807, 2.05) is 43.3 Å². The third kappa shape index (κ3) is 3.09. The van der Waals surface area contributed by atoms with Gasteiger partial charge in [0.15, 0.2) is 0 Å². The van der Waals surface area contributed by atoms with Gasteiger partial charge in [-0.3, -0.25) is 0 Å². The number of hydrogen-bond donors (Lipinski definition) is 1. The number of aromatic nitrogens is 1. The van der Waals surface area contributed by atoms with Crippen molar-refractivity contribution < 1.29 is 9.84 Å². The lowest BCUT2D eigenvalue weighted by atomic mass is 10.1. The predicted molar refractivity (Wildman–Crippen MR) is 74.0 cm³/mol. The monoisotopic (exact) mass is 307 g/mol. The predicted octanol–water partition coefficient (Wildman–Crippen LogP) is 3.48. The first-order chi connectivity index (χ1) is 8.70. The number of aliphatic hydroxyl groups is 1. The molecule has 0 aliphatic carbocycles. The Balaban J connectivity index is 2.25. The summed E-state index contributed by atoms with van der Waals surface area (Å²) in [5.74, 6) is 1.29. The van der Waals surface area contributed by atoms with Gasteiger partial charge in [0.05, 0.1) is 5.69 Å². The summed E-state index contributed by atoms with van der Waals surface area (Å²) in [4.78, 5) is 4.34. The summed E-state index contributed by atoms with van der Waals surface area (Å²) in [5, 5.41) is 9.01. The quantitative estimate of drug-likeness (QED) is 0.940. The molecule has 0 saturated carbocycles. The van der Waals surface area contributed by atoms with Crippen LogP contribution in [0.15, 0.2) is 40.9 Å². The Morgan fingerprint density at radius 1 is 1.22 bits per heavy atom. The second-order valence-corrected chi connectivity index (χ2v) is 4.75. The normalized spacial score (nSPS) is 10.4. The fourth-order valence-electron chi connectivity index (χ4n) is 1.62. The highest BCUT2D eigenvalue weighted by molar-refractivity contribution is 9.10. The maximum absolute atomic E-state index is 9.01. The van der Waals surface area contributed by atoms with E-state index in [9.17, 15) is 0 Å². The van der Waals surface area contributed by atoms with E-state index in [1.54, 1.807) is 0 Å². The molecule has 0 bridgehead atoms. The van der Waals surface area contributed by atoms with Crippen LogP contribution < -0.4 is 4.74 Å². The van der Waals surface area contributed by atoms with Crippen molar-refractivity contribution >= 4 is 15.9 Å². The molecule has 1 aromatic heterocycles. The van der Waals surface area contributed by atoms with E-state index in [1.165, 1.54) is 0 Å². The van der Waals surface area contributed by atoms with Gasteiger partial charge >= 0.3 is 0 Å². The first kappa shape index (κ1) is 13.1. The first-order valence-electron chi connectivity index (χ1n) is 5.70. The summed E-state index contributed by atoms with van der Waals surface area (Å²) in [6, 6.07) is 11.4. The molecule has 2 rings (SSSR count). The number of rotatable bonds is 4. The number of ether oxygens (including phenoxy) is 1. The Kier molecular flexibility index (Phi) is 4.33. The smallest absolute Gasteiger partial charge is 0.219 e. The molecule has 0 saturated heterocycles. The number of benzene rings is 1. The SMILES string of the molecule is Cc1nc(Oc2ccccc2CCO)ccc1Br. The second-order valence-electron chi connectivity index (χ2n) is 3.90. The van der Waals surface area contributed by atoms with E-state index < -0.39 is 0 Å². The Hall–Kier alpha value is -1.39. The van der Waals surface area contributed by atoms with Crippen LogP contribution in [0.25, 0.3) is 0 Å². The van der Waals surface area contributed by atoms with Crippen molar-refractivity contribution in [2.45, 2.75) is 13.3 Å². The van der Waals surface area contributed by atoms with Gasteiger partial charge in [-0.05, 0) is 47.0 Å². The van der Waals surface area contributed by atoms with Crippen molar-refractivity contribution in [1.82, 2.24) is 4.98 Å². The van der Waals surface area contributed by atoms with Crippen molar-refractivity contribution in [2.75, 3.05) is 6.61 Å². The highest BCUT2D eigenvalue weighted by Gasteiger charge is 2.06. The summed E-state index contributed by atoms with van der Waals surface area (Å²) in [5.41, 5.74) is 1.86. The number of para-hydroxylation sites is 1. The molecule has 3 nitrogen and oxygen atoms in total. The third-order valence-corrected chi connectivity index (χ3v) is 3.40. The zero-order valence-electron chi connectivity index (χ0n) is 10.1. The van der Waals surface area contributed by atoms with Crippen LogP contribution in [0.1, 0.15) is 11.3 Å². The van der Waals surface area contributed by atoms with E-state index in [2.05, 4.69) is 20.9 Å². The van der Waals surface area contributed by atoms with Gasteiger partial charge in [-0.25, -0.2) is 4.98 Å². The fraction of sp³-hybridized carbons (Fsp3) is 0.214. The lowest BCUT2D eigenvalue weighted by molar-refractivity contribution is 0.297. The molecule has 1 N–H and O–H groups in total. The van der Waals surface area contributed by atoms with Gasteiger partial charge in [0, 0.05) is 17.1 Å². The summed E-state index contributed by atoms with van der Waals surface area (Å²) < 4.78 is 6.71. The van der Waals surface area contributed by atoms with Gasteiger partial charge < -0.3 is 9.84 Å². The lowest BCUT2D eigenvalue weighted by Crippen LogP contribution is -1.96. The zero-order valence-corrected chi connectivity index (χ0v) is 11.6. The van der Waals surface area contributed by atoms with Crippen LogP contribution in [-0.2, 0) is 6.42 Å². The highest BCUT2D eigenvalue weighted by atomic mass is 79.9. The highest BCUT2D eigenvalue weighted by Crippen LogP contribution is 2.26. The minimum atomic E-state index is 0.104. The van der Waals surface area contributed by atoms with Gasteiger partial charge in [0.25, 0.3) is 0 Å². The molecule has 0 amide bonds. The van der Waals surface area contributed by atoms with E-state index in [0.29, 0.717) is 12.3 Å². The number of pyridine rings is 1. The van der Waals surface area contributed by atoms with Crippen molar-refractivity contribution in [1.29, 1.82) is 0 Å². The van der Waals surface area contributed by atoms with Crippen LogP contribution in [0.4, 0.5) is 0 Å². The standard InChI is InChI=1S/C14H14BrNO2/c1-10-12(15)6-7-14(16-10)18-13-5-3-2-4-11(13)8-9-17/h2-7,17H,8-9H2,1H3. The van der Waals surface area contributed by atoms with Crippen LogP contribution in [0.5, 0.6) is 11.6 Å². The van der Waals surface area contributed by atoms with Crippen LogP contribution in [0, 0.1) is 6.92 Å². The van der Waals surface area contributed by atoms with Gasteiger partial charge in [-0.2, -0.15) is 0 Å². The number of hydrogen-bond acceptors (Lipinski definition) is 3. The van der Waals surface area contributed by atoms with Crippen LogP contribution >= 0.6 is 15.9 Å². The van der Waals surface area contributed by atoms with Crippen molar-refractivity contribution in [3.8, 4) is 11.6 Å². The molecule has 1 heterocycles. The van der Waals surface area contributed by atoms with E-state index >= 15 is 0 Å². The molecule has 18 heavy (non-hydrogen) atoms. The van der Waals surface area contributed by atoms with Crippen LogP contribution in [-0.4, -0.2) is 16.7 Å². The summed E-state index contributed by atoms with van der Waals surface area (Å²) in [6.07, 6.45) is 0.575. The minimum absolute atomic E-state index is 0.104. The number of aryl methyl sites for hydroxylation is 1. The number of aliphatic hydroxyl groups excluding tert-OH is 1. The van der Waals surface area contributed by atoms with Crippen molar-refractivity contribution in [2.24, 2.45) is 0 Å². The molecule has 0 atom stereocenters. The largest absolute Gasteiger partial charge is 0.439 e. The molecule has 1 aromatic carbocycles. The Morgan fingerprint density at radius 2 is 2.00 bits per heavy atom. The zero-order chi connectivity index (χ0) is 13.0. The van der Waals surface area contributed by atoms with Gasteiger partial charge in [-0.15, -0.1) is 0 Å². The van der Waals surface area contributed by atoms with Crippen LogP contribution in [0.3, 0.4) is 0 Å². The first-order valence-corrected chi connectivity index (χ1v) is 6.50. The maximum Gasteiger partial charge on any atom is 0.219 e. The average Bonchev–Trinajstić information content (AvgIpc) is 2.37. The molecule has 0 radical (unpaired) electrons. The summed E-state index contributed by atoms with van der Waals surface area (Å²) in [6.45, 7) is 2.02.